The van der Waals surface area contributed by atoms with Gasteiger partial charge in [0.15, 0.2) is 0 Å². The first-order valence-corrected chi connectivity index (χ1v) is 13.2. The van der Waals surface area contributed by atoms with Crippen molar-refractivity contribution in [1.82, 2.24) is 14.5 Å². The van der Waals surface area contributed by atoms with Crippen molar-refractivity contribution in [1.29, 1.82) is 0 Å². The Morgan fingerprint density at radius 1 is 1.21 bits per heavy atom. The van der Waals surface area contributed by atoms with E-state index in [-0.39, 0.29) is 46.6 Å². The van der Waals surface area contributed by atoms with Crippen LogP contribution in [0.5, 0.6) is 0 Å². The van der Waals surface area contributed by atoms with Gasteiger partial charge < -0.3 is 10.4 Å². The molecular formula is C24H36FN3O5S. The topological polar surface area (TPSA) is 107 Å². The second-order valence-electron chi connectivity index (χ2n) is 11.0. The second-order valence-corrected chi connectivity index (χ2v) is 12.9. The highest BCUT2D eigenvalue weighted by Crippen LogP contribution is 2.40. The minimum atomic E-state index is -3.76. The van der Waals surface area contributed by atoms with Crippen LogP contribution in [-0.2, 0) is 14.8 Å². The molecule has 1 aromatic rings. The zero-order valence-electron chi connectivity index (χ0n) is 20.5. The van der Waals surface area contributed by atoms with E-state index in [9.17, 15) is 27.5 Å². The van der Waals surface area contributed by atoms with E-state index in [1.807, 2.05) is 6.92 Å². The van der Waals surface area contributed by atoms with Crippen LogP contribution >= 0.6 is 0 Å². The maximum absolute atomic E-state index is 13.3. The second kappa shape index (κ2) is 9.81. The van der Waals surface area contributed by atoms with Gasteiger partial charge in [-0.15, -0.1) is 0 Å². The Bertz CT molecular complexity index is 1010. The molecular weight excluding hydrogens is 461 g/mol. The van der Waals surface area contributed by atoms with Crippen molar-refractivity contribution in [3.63, 3.8) is 0 Å². The van der Waals surface area contributed by atoms with Crippen LogP contribution in [0.2, 0.25) is 0 Å². The maximum Gasteiger partial charge on any atom is 0.407 e. The summed E-state index contributed by atoms with van der Waals surface area (Å²) in [6, 6.07) is 3.73. The monoisotopic (exact) mass is 497 g/mol. The third kappa shape index (κ3) is 5.71. The lowest BCUT2D eigenvalue weighted by molar-refractivity contribution is -0.128. The van der Waals surface area contributed by atoms with Crippen molar-refractivity contribution in [2.45, 2.75) is 63.9 Å². The first-order valence-electron chi connectivity index (χ1n) is 11.7. The van der Waals surface area contributed by atoms with Gasteiger partial charge in [-0.25, -0.2) is 17.6 Å². The molecule has 190 valence electrons. The van der Waals surface area contributed by atoms with Gasteiger partial charge in [-0.05, 0) is 66.7 Å². The fourth-order valence-electron chi connectivity index (χ4n) is 5.64. The summed E-state index contributed by atoms with van der Waals surface area (Å²) in [5, 5.41) is 12.6. The predicted octanol–water partition coefficient (Wildman–Crippen LogP) is 3.39. The number of carboxylic acid groups (broad SMARTS) is 1. The van der Waals surface area contributed by atoms with Crippen LogP contribution in [0.1, 0.15) is 47.0 Å². The molecule has 0 spiro atoms. The lowest BCUT2D eigenvalue weighted by atomic mass is 9.81. The Hall–Kier alpha value is -2.20. The fraction of sp³-hybridized carbons (Fsp3) is 0.667. The molecule has 8 nitrogen and oxygen atoms in total. The molecule has 10 heteroatoms. The Morgan fingerprint density at radius 3 is 2.38 bits per heavy atom. The Balaban J connectivity index is 1.72. The molecule has 3 rings (SSSR count). The summed E-state index contributed by atoms with van der Waals surface area (Å²) >= 11 is 0. The molecule has 1 unspecified atom stereocenters. The molecule has 1 saturated heterocycles. The number of fused-ring (bicyclic) bond motifs is 1. The van der Waals surface area contributed by atoms with Gasteiger partial charge in [0, 0.05) is 26.2 Å². The lowest BCUT2D eigenvalue weighted by Crippen LogP contribution is -2.54. The van der Waals surface area contributed by atoms with Crippen LogP contribution in [0.3, 0.4) is 0 Å². The standard InChI is InChI=1S/C24H36FN3O5S/c1-15(12-24(2,3)4)21(27(5)23(30)31)22(29)26-20-11-6-16-13-28(14-19(16)20)34(32,33)18-9-7-17(25)8-10-18/h7-10,15-16,19-21H,6,11-14H2,1-5H3,(H,26,29)(H,30,31)/t15-,16+,19-,20-,21?/m0/s1. The summed E-state index contributed by atoms with van der Waals surface area (Å²) < 4.78 is 40.7. The van der Waals surface area contributed by atoms with E-state index >= 15 is 0 Å². The van der Waals surface area contributed by atoms with E-state index in [0.717, 1.165) is 29.9 Å². The molecule has 0 bridgehead atoms. The van der Waals surface area contributed by atoms with Crippen molar-refractivity contribution in [3.8, 4) is 0 Å². The average molecular weight is 498 g/mol. The smallest absolute Gasteiger partial charge is 0.407 e. The number of hydrogen-bond donors (Lipinski definition) is 2. The van der Waals surface area contributed by atoms with E-state index in [2.05, 4.69) is 26.1 Å². The third-order valence-electron chi connectivity index (χ3n) is 7.06. The number of benzene rings is 1. The number of carbonyl (C=O) groups is 2. The summed E-state index contributed by atoms with van der Waals surface area (Å²) in [4.78, 5) is 26.1. The van der Waals surface area contributed by atoms with Crippen molar-refractivity contribution < 1.29 is 27.5 Å². The normalized spacial score (nSPS) is 24.9. The first-order chi connectivity index (χ1) is 15.7. The molecule has 1 heterocycles. The molecule has 0 aromatic heterocycles. The summed E-state index contributed by atoms with van der Waals surface area (Å²) in [5.74, 6) is -0.970. The molecule has 5 atom stereocenters. The molecule has 0 radical (unpaired) electrons. The number of sulfonamides is 1. The van der Waals surface area contributed by atoms with Gasteiger partial charge in [0.2, 0.25) is 15.9 Å². The highest BCUT2D eigenvalue weighted by atomic mass is 32.2. The summed E-state index contributed by atoms with van der Waals surface area (Å²) in [6.45, 7) is 8.67. The molecule has 1 aliphatic carbocycles. The molecule has 1 saturated carbocycles. The lowest BCUT2D eigenvalue weighted by Gasteiger charge is -2.34. The van der Waals surface area contributed by atoms with Gasteiger partial charge in [0.1, 0.15) is 11.9 Å². The van der Waals surface area contributed by atoms with Gasteiger partial charge in [0.05, 0.1) is 4.90 Å². The Morgan fingerprint density at radius 2 is 1.82 bits per heavy atom. The van der Waals surface area contributed by atoms with Crippen LogP contribution < -0.4 is 5.32 Å². The van der Waals surface area contributed by atoms with Crippen molar-refractivity contribution >= 4 is 22.0 Å². The molecule has 34 heavy (non-hydrogen) atoms. The van der Waals surface area contributed by atoms with Gasteiger partial charge in [-0.3, -0.25) is 9.69 Å². The number of nitrogens with zero attached hydrogens (tertiary/aromatic N) is 2. The third-order valence-corrected chi connectivity index (χ3v) is 8.91. The van der Waals surface area contributed by atoms with Crippen LogP contribution in [0.4, 0.5) is 9.18 Å². The van der Waals surface area contributed by atoms with E-state index in [1.165, 1.54) is 23.5 Å². The van der Waals surface area contributed by atoms with Gasteiger partial charge >= 0.3 is 6.09 Å². The number of amides is 2. The van der Waals surface area contributed by atoms with E-state index in [4.69, 9.17) is 0 Å². The zero-order valence-corrected chi connectivity index (χ0v) is 21.3. The number of hydrogen-bond acceptors (Lipinski definition) is 4. The van der Waals surface area contributed by atoms with E-state index in [0.29, 0.717) is 13.0 Å². The Labute approximate surface area is 201 Å². The highest BCUT2D eigenvalue weighted by Gasteiger charge is 2.47. The number of halogens is 1. The van der Waals surface area contributed by atoms with Crippen LogP contribution in [0, 0.1) is 29.0 Å². The van der Waals surface area contributed by atoms with Crippen LogP contribution in [-0.4, -0.2) is 67.0 Å². The summed E-state index contributed by atoms with van der Waals surface area (Å²) in [6.07, 6.45) is 1.01. The SMILES string of the molecule is C[C@@H](CC(C)(C)C)C(C(=O)N[C@H]1CC[C@@H]2CN(S(=O)(=O)c3ccc(F)cc3)C[C@@H]21)N(C)C(=O)O. The number of rotatable bonds is 7. The minimum Gasteiger partial charge on any atom is -0.465 e. The largest absolute Gasteiger partial charge is 0.465 e. The van der Waals surface area contributed by atoms with Crippen molar-refractivity contribution in [2.75, 3.05) is 20.1 Å². The Kier molecular flexibility index (Phi) is 7.62. The van der Waals surface area contributed by atoms with Crippen LogP contribution in [0.25, 0.3) is 0 Å². The summed E-state index contributed by atoms with van der Waals surface area (Å²) in [7, 11) is -2.34. The highest BCUT2D eigenvalue weighted by molar-refractivity contribution is 7.89. The fourth-order valence-corrected chi connectivity index (χ4v) is 7.17. The first kappa shape index (κ1) is 26.4. The van der Waals surface area contributed by atoms with Gasteiger partial charge in [0.25, 0.3) is 0 Å². The molecule has 1 aliphatic heterocycles. The predicted molar refractivity (Wildman–Crippen MR) is 126 cm³/mol. The average Bonchev–Trinajstić information content (AvgIpc) is 3.29. The van der Waals surface area contributed by atoms with Crippen LogP contribution in [0.15, 0.2) is 29.2 Å². The molecule has 2 N–H and O–H groups in total. The van der Waals surface area contributed by atoms with Gasteiger partial charge in [-0.2, -0.15) is 4.31 Å². The minimum absolute atomic E-state index is 0.0483. The van der Waals surface area contributed by atoms with E-state index < -0.39 is 28.0 Å². The number of carbonyl (C=O) groups excluding carboxylic acids is 1. The van der Waals surface area contributed by atoms with E-state index in [1.54, 1.807) is 0 Å². The molecule has 2 fully saturated rings. The molecule has 1 aromatic carbocycles. The van der Waals surface area contributed by atoms with Gasteiger partial charge in [-0.1, -0.05) is 27.7 Å². The summed E-state index contributed by atoms with van der Waals surface area (Å²) in [5.41, 5.74) is -0.0730. The van der Waals surface area contributed by atoms with Crippen molar-refractivity contribution in [2.24, 2.45) is 23.2 Å². The van der Waals surface area contributed by atoms with Crippen molar-refractivity contribution in [3.05, 3.63) is 30.1 Å². The number of nitrogens with one attached hydrogen (secondary N) is 1. The number of likely N-dealkylation sites (N-methyl/N-ethyl adjacent to an activating group) is 1. The zero-order chi connectivity index (χ0) is 25.4. The maximum atomic E-state index is 13.3. The quantitative estimate of drug-likeness (QED) is 0.601. The molecule has 2 amide bonds. The molecule has 2 aliphatic rings.